The van der Waals surface area contributed by atoms with Crippen LogP contribution in [0.5, 0.6) is 0 Å². The number of carbonyl (C=O) groups is 2. The van der Waals surface area contributed by atoms with Crippen LogP contribution in [0.4, 0.5) is 8.78 Å². The summed E-state index contributed by atoms with van der Waals surface area (Å²) in [4.78, 5) is 24.4. The van der Waals surface area contributed by atoms with E-state index in [0.717, 1.165) is 12.1 Å². The molecule has 0 unspecified atom stereocenters. The minimum Gasteiger partial charge on any atom is -0.369 e. The molecule has 0 spiro atoms. The van der Waals surface area contributed by atoms with Crippen molar-refractivity contribution in [1.82, 2.24) is 4.90 Å². The molecule has 0 saturated carbocycles. The maximum absolute atomic E-state index is 13.8. The van der Waals surface area contributed by atoms with Crippen molar-refractivity contribution in [2.75, 3.05) is 13.1 Å². The average Bonchev–Trinajstić information content (AvgIpc) is 2.28. The molecule has 2 amide bonds. The molecular weight excluding hydrogens is 322 g/mol. The average molecular weight is 333 g/mol. The second-order valence-corrected chi connectivity index (χ2v) is 5.69. The molecule has 102 valence electrons. The molecule has 19 heavy (non-hydrogen) atoms. The van der Waals surface area contributed by atoms with Gasteiger partial charge in [-0.25, -0.2) is 8.78 Å². The van der Waals surface area contributed by atoms with Gasteiger partial charge in [0.05, 0.1) is 15.5 Å². The number of carbonyl (C=O) groups excluding carboxylic acids is 2. The van der Waals surface area contributed by atoms with E-state index in [4.69, 9.17) is 5.73 Å². The molecule has 2 N–H and O–H groups in total. The third kappa shape index (κ3) is 2.34. The normalized spacial score (nSPS) is 16.9. The first kappa shape index (κ1) is 13.9. The van der Waals surface area contributed by atoms with E-state index < -0.39 is 28.9 Å². The van der Waals surface area contributed by atoms with Gasteiger partial charge in [-0.3, -0.25) is 9.59 Å². The minimum absolute atomic E-state index is 0.106. The van der Waals surface area contributed by atoms with E-state index >= 15 is 0 Å². The first-order chi connectivity index (χ1) is 8.74. The second kappa shape index (κ2) is 4.56. The lowest BCUT2D eigenvalue weighted by atomic mass is 9.81. The molecule has 0 atom stereocenters. The van der Waals surface area contributed by atoms with Crippen LogP contribution in [-0.4, -0.2) is 29.8 Å². The number of nitrogens with two attached hydrogens (primary N) is 1. The molecule has 7 heteroatoms. The van der Waals surface area contributed by atoms with E-state index in [1.165, 1.54) is 4.90 Å². The number of primary amides is 1. The third-order valence-corrected chi connectivity index (χ3v) is 3.76. The molecule has 1 aromatic rings. The maximum atomic E-state index is 13.8. The largest absolute Gasteiger partial charge is 0.369 e. The van der Waals surface area contributed by atoms with Gasteiger partial charge in [-0.15, -0.1) is 0 Å². The lowest BCUT2D eigenvalue weighted by Crippen LogP contribution is -2.62. The summed E-state index contributed by atoms with van der Waals surface area (Å²) in [6.07, 6.45) is 0. The van der Waals surface area contributed by atoms with E-state index in [9.17, 15) is 18.4 Å². The van der Waals surface area contributed by atoms with E-state index in [0.29, 0.717) is 0 Å². The molecule has 4 nitrogen and oxygen atoms in total. The van der Waals surface area contributed by atoms with Gasteiger partial charge in [0, 0.05) is 13.1 Å². The van der Waals surface area contributed by atoms with Gasteiger partial charge in [0.25, 0.3) is 5.91 Å². The van der Waals surface area contributed by atoms with Crippen molar-refractivity contribution < 1.29 is 18.4 Å². The highest BCUT2D eigenvalue weighted by Crippen LogP contribution is 2.32. The Morgan fingerprint density at radius 3 is 2.47 bits per heavy atom. The number of hydrogen-bond acceptors (Lipinski definition) is 2. The van der Waals surface area contributed by atoms with Gasteiger partial charge in [0.15, 0.2) is 0 Å². The SMILES string of the molecule is CC1(C(N)=O)CN(C(=O)c2cc(F)cc(Br)c2F)C1. The van der Waals surface area contributed by atoms with Crippen molar-refractivity contribution in [3.63, 3.8) is 0 Å². The quantitative estimate of drug-likeness (QED) is 0.837. The molecule has 1 aromatic carbocycles. The van der Waals surface area contributed by atoms with Gasteiger partial charge in [-0.1, -0.05) is 0 Å². The van der Waals surface area contributed by atoms with Crippen LogP contribution in [-0.2, 0) is 4.79 Å². The Morgan fingerprint density at radius 1 is 1.37 bits per heavy atom. The monoisotopic (exact) mass is 332 g/mol. The summed E-state index contributed by atoms with van der Waals surface area (Å²) in [6.45, 7) is 1.83. The fourth-order valence-electron chi connectivity index (χ4n) is 1.98. The van der Waals surface area contributed by atoms with Crippen LogP contribution in [0.2, 0.25) is 0 Å². The molecule has 0 aliphatic carbocycles. The summed E-state index contributed by atoms with van der Waals surface area (Å²) in [7, 11) is 0. The van der Waals surface area contributed by atoms with Crippen LogP contribution in [0.25, 0.3) is 0 Å². The summed E-state index contributed by atoms with van der Waals surface area (Å²) in [6, 6.07) is 1.78. The van der Waals surface area contributed by atoms with Gasteiger partial charge in [-0.2, -0.15) is 0 Å². The van der Waals surface area contributed by atoms with Crippen LogP contribution in [0.3, 0.4) is 0 Å². The van der Waals surface area contributed by atoms with Gasteiger partial charge >= 0.3 is 0 Å². The zero-order chi connectivity index (χ0) is 14.4. The molecule has 1 aliphatic rings. The molecule has 0 bridgehead atoms. The summed E-state index contributed by atoms with van der Waals surface area (Å²) < 4.78 is 26.8. The lowest BCUT2D eigenvalue weighted by Gasteiger charge is -2.45. The van der Waals surface area contributed by atoms with E-state index in [1.807, 2.05) is 0 Å². The van der Waals surface area contributed by atoms with E-state index in [1.54, 1.807) is 6.92 Å². The van der Waals surface area contributed by atoms with Gasteiger partial charge in [0.1, 0.15) is 11.6 Å². The molecule has 1 heterocycles. The Balaban J connectivity index is 2.22. The molecule has 1 aliphatic heterocycles. The fourth-order valence-corrected chi connectivity index (χ4v) is 2.41. The third-order valence-electron chi connectivity index (χ3n) is 3.19. The lowest BCUT2D eigenvalue weighted by molar-refractivity contribution is -0.134. The molecule has 1 saturated heterocycles. The predicted molar refractivity (Wildman–Crippen MR) is 67.3 cm³/mol. The van der Waals surface area contributed by atoms with Gasteiger partial charge in [0.2, 0.25) is 5.91 Å². The number of amides is 2. The van der Waals surface area contributed by atoms with Crippen LogP contribution in [0, 0.1) is 17.0 Å². The predicted octanol–water partition coefficient (Wildman–Crippen LogP) is 1.67. The Morgan fingerprint density at radius 2 is 1.95 bits per heavy atom. The Labute approximate surface area is 116 Å². The smallest absolute Gasteiger partial charge is 0.257 e. The molecule has 0 radical (unpaired) electrons. The zero-order valence-electron chi connectivity index (χ0n) is 10.0. The maximum Gasteiger partial charge on any atom is 0.257 e. The number of nitrogens with zero attached hydrogens (tertiary/aromatic N) is 1. The minimum atomic E-state index is -0.820. The summed E-state index contributed by atoms with van der Waals surface area (Å²) in [5.41, 5.74) is 4.04. The molecule has 0 aromatic heterocycles. The van der Waals surface area contributed by atoms with E-state index in [-0.39, 0.29) is 23.1 Å². The van der Waals surface area contributed by atoms with Crippen LogP contribution < -0.4 is 5.73 Å². The Kier molecular flexibility index (Phi) is 3.34. The Hall–Kier alpha value is -1.50. The summed E-state index contributed by atoms with van der Waals surface area (Å²) >= 11 is 2.84. The van der Waals surface area contributed by atoms with Crippen molar-refractivity contribution in [2.24, 2.45) is 11.1 Å². The summed E-state index contributed by atoms with van der Waals surface area (Å²) in [5.74, 6) is -2.71. The van der Waals surface area contributed by atoms with Crippen molar-refractivity contribution in [3.05, 3.63) is 33.8 Å². The van der Waals surface area contributed by atoms with Crippen molar-refractivity contribution in [1.29, 1.82) is 0 Å². The zero-order valence-corrected chi connectivity index (χ0v) is 11.6. The van der Waals surface area contributed by atoms with E-state index in [2.05, 4.69) is 15.9 Å². The van der Waals surface area contributed by atoms with Crippen LogP contribution >= 0.6 is 15.9 Å². The van der Waals surface area contributed by atoms with Crippen molar-refractivity contribution >= 4 is 27.7 Å². The fraction of sp³-hybridized carbons (Fsp3) is 0.333. The first-order valence-electron chi connectivity index (χ1n) is 5.48. The molecule has 2 rings (SSSR count). The van der Waals surface area contributed by atoms with Gasteiger partial charge in [-0.05, 0) is 35.0 Å². The highest BCUT2D eigenvalue weighted by Gasteiger charge is 2.46. The number of likely N-dealkylation sites (tertiary alicyclic amines) is 1. The second-order valence-electron chi connectivity index (χ2n) is 4.84. The molecular formula is C12H11BrF2N2O2. The number of benzene rings is 1. The number of halogens is 3. The first-order valence-corrected chi connectivity index (χ1v) is 6.27. The highest BCUT2D eigenvalue weighted by molar-refractivity contribution is 9.10. The van der Waals surface area contributed by atoms with Crippen LogP contribution in [0.15, 0.2) is 16.6 Å². The number of hydrogen-bond donors (Lipinski definition) is 1. The van der Waals surface area contributed by atoms with Gasteiger partial charge < -0.3 is 10.6 Å². The van der Waals surface area contributed by atoms with Crippen molar-refractivity contribution in [2.45, 2.75) is 6.92 Å². The van der Waals surface area contributed by atoms with Crippen molar-refractivity contribution in [3.8, 4) is 0 Å². The number of rotatable bonds is 2. The Bertz CT molecular complexity index is 571. The highest BCUT2D eigenvalue weighted by atomic mass is 79.9. The van der Waals surface area contributed by atoms with Crippen LogP contribution in [0.1, 0.15) is 17.3 Å². The molecule has 1 fully saturated rings. The topological polar surface area (TPSA) is 63.4 Å². The standard InChI is InChI=1S/C12H11BrF2N2O2/c1-12(11(16)19)4-17(5-12)10(18)7-2-6(14)3-8(13)9(7)15/h2-3H,4-5H2,1H3,(H2,16,19). The summed E-state index contributed by atoms with van der Waals surface area (Å²) in [5, 5.41) is 0.